The summed E-state index contributed by atoms with van der Waals surface area (Å²) in [5.74, 6) is 0.0401. The average molecular weight is 256 g/mol. The van der Waals surface area contributed by atoms with Crippen LogP contribution in [0.1, 0.15) is 27.3 Å². The number of anilines is 2. The lowest BCUT2D eigenvalue weighted by molar-refractivity contribution is 0.102. The van der Waals surface area contributed by atoms with Crippen LogP contribution in [0.15, 0.2) is 24.3 Å². The van der Waals surface area contributed by atoms with Crippen molar-refractivity contribution in [3.8, 4) is 0 Å². The van der Waals surface area contributed by atoms with Gasteiger partial charge in [-0.15, -0.1) is 0 Å². The van der Waals surface area contributed by atoms with Crippen LogP contribution in [0.25, 0.3) is 0 Å². The first-order valence-corrected chi connectivity index (χ1v) is 5.95. The minimum atomic E-state index is -0.267. The lowest BCUT2D eigenvalue weighted by atomic mass is 10.1. The Bertz CT molecular complexity index is 617. The van der Waals surface area contributed by atoms with E-state index in [0.717, 1.165) is 17.0 Å². The molecule has 0 unspecified atom stereocenters. The maximum absolute atomic E-state index is 12.1. The van der Waals surface area contributed by atoms with Crippen LogP contribution in [0.4, 0.5) is 11.6 Å². The highest BCUT2D eigenvalue weighted by molar-refractivity contribution is 6.03. The molecule has 0 bridgehead atoms. The van der Waals surface area contributed by atoms with Crippen LogP contribution >= 0.6 is 0 Å². The van der Waals surface area contributed by atoms with Crippen LogP contribution in [0.2, 0.25) is 0 Å². The van der Waals surface area contributed by atoms with Crippen LogP contribution in [0.5, 0.6) is 0 Å². The zero-order valence-electron chi connectivity index (χ0n) is 11.2. The van der Waals surface area contributed by atoms with Crippen LogP contribution in [-0.4, -0.2) is 15.9 Å². The van der Waals surface area contributed by atoms with E-state index < -0.39 is 0 Å². The normalized spacial score (nSPS) is 10.3. The third-order valence-corrected chi connectivity index (χ3v) is 2.75. The molecule has 2 aromatic rings. The SMILES string of the molecule is Cc1cc(C)nc(NC(=O)c2ccc(C)c(N)c2)n1. The number of hydrogen-bond acceptors (Lipinski definition) is 4. The molecule has 5 nitrogen and oxygen atoms in total. The largest absolute Gasteiger partial charge is 0.398 e. The van der Waals surface area contributed by atoms with Crippen molar-refractivity contribution >= 4 is 17.5 Å². The Labute approximate surface area is 111 Å². The Hall–Kier alpha value is -2.43. The molecule has 19 heavy (non-hydrogen) atoms. The van der Waals surface area contributed by atoms with Crippen molar-refractivity contribution in [2.24, 2.45) is 0 Å². The fourth-order valence-electron chi connectivity index (χ4n) is 1.74. The average Bonchev–Trinajstić information content (AvgIpc) is 2.31. The van der Waals surface area contributed by atoms with E-state index in [0.29, 0.717) is 17.2 Å². The molecular weight excluding hydrogens is 240 g/mol. The third-order valence-electron chi connectivity index (χ3n) is 2.75. The van der Waals surface area contributed by atoms with Crippen LogP contribution < -0.4 is 11.1 Å². The van der Waals surface area contributed by atoms with Crippen molar-refractivity contribution < 1.29 is 4.79 Å². The predicted molar refractivity (Wildman–Crippen MR) is 75.1 cm³/mol. The Kier molecular flexibility index (Phi) is 3.46. The molecule has 0 aliphatic rings. The number of rotatable bonds is 2. The van der Waals surface area contributed by atoms with Gasteiger partial charge in [0.1, 0.15) is 0 Å². The van der Waals surface area contributed by atoms with Gasteiger partial charge in [-0.05, 0) is 44.5 Å². The summed E-state index contributed by atoms with van der Waals surface area (Å²) in [7, 11) is 0. The first kappa shape index (κ1) is 13.0. The molecule has 0 aliphatic heterocycles. The quantitative estimate of drug-likeness (QED) is 0.807. The van der Waals surface area contributed by atoms with Crippen molar-refractivity contribution in [3.63, 3.8) is 0 Å². The molecule has 98 valence electrons. The lowest BCUT2D eigenvalue weighted by Gasteiger charge is -2.07. The molecule has 1 amide bonds. The highest BCUT2D eigenvalue weighted by Gasteiger charge is 2.09. The van der Waals surface area contributed by atoms with Crippen molar-refractivity contribution in [1.82, 2.24) is 9.97 Å². The molecule has 0 radical (unpaired) electrons. The molecule has 5 heteroatoms. The molecule has 0 atom stereocenters. The number of carbonyl (C=O) groups excluding carboxylic acids is 1. The predicted octanol–water partition coefficient (Wildman–Crippen LogP) is 2.24. The van der Waals surface area contributed by atoms with Gasteiger partial charge in [0.05, 0.1) is 0 Å². The Morgan fingerprint density at radius 3 is 2.32 bits per heavy atom. The van der Waals surface area contributed by atoms with Gasteiger partial charge in [0.25, 0.3) is 5.91 Å². The highest BCUT2D eigenvalue weighted by atomic mass is 16.1. The summed E-state index contributed by atoms with van der Waals surface area (Å²) in [4.78, 5) is 20.4. The molecule has 0 saturated carbocycles. The zero-order valence-corrected chi connectivity index (χ0v) is 11.2. The number of aryl methyl sites for hydroxylation is 3. The van der Waals surface area contributed by atoms with E-state index >= 15 is 0 Å². The van der Waals surface area contributed by atoms with Gasteiger partial charge >= 0.3 is 0 Å². The van der Waals surface area contributed by atoms with Gasteiger partial charge in [0.15, 0.2) is 0 Å². The van der Waals surface area contributed by atoms with Crippen molar-refractivity contribution in [3.05, 3.63) is 46.8 Å². The molecule has 3 N–H and O–H groups in total. The van der Waals surface area contributed by atoms with Crippen molar-refractivity contribution in [2.45, 2.75) is 20.8 Å². The van der Waals surface area contributed by atoms with Crippen LogP contribution in [0, 0.1) is 20.8 Å². The number of carbonyl (C=O) groups is 1. The number of amides is 1. The second-order valence-electron chi connectivity index (χ2n) is 4.50. The summed E-state index contributed by atoms with van der Waals surface area (Å²) in [5, 5.41) is 2.67. The lowest BCUT2D eigenvalue weighted by Crippen LogP contribution is -2.15. The number of aromatic nitrogens is 2. The summed E-state index contributed by atoms with van der Waals surface area (Å²) in [6.07, 6.45) is 0. The summed E-state index contributed by atoms with van der Waals surface area (Å²) < 4.78 is 0. The zero-order chi connectivity index (χ0) is 14.0. The first-order valence-electron chi connectivity index (χ1n) is 5.95. The molecular formula is C14H16N4O. The van der Waals surface area contributed by atoms with Crippen molar-refractivity contribution in [1.29, 1.82) is 0 Å². The van der Waals surface area contributed by atoms with Gasteiger partial charge in [-0.2, -0.15) is 0 Å². The molecule has 0 aliphatic carbocycles. The van der Waals surface area contributed by atoms with E-state index in [1.807, 2.05) is 32.9 Å². The molecule has 2 rings (SSSR count). The van der Waals surface area contributed by atoms with E-state index in [1.165, 1.54) is 0 Å². The maximum Gasteiger partial charge on any atom is 0.258 e. The Balaban J connectivity index is 2.22. The summed E-state index contributed by atoms with van der Waals surface area (Å²) in [6, 6.07) is 7.03. The number of nitrogens with zero attached hydrogens (tertiary/aromatic N) is 2. The fourth-order valence-corrected chi connectivity index (χ4v) is 1.74. The molecule has 1 heterocycles. The van der Waals surface area contributed by atoms with Gasteiger partial charge in [-0.1, -0.05) is 6.07 Å². The van der Waals surface area contributed by atoms with E-state index in [1.54, 1.807) is 12.1 Å². The van der Waals surface area contributed by atoms with Crippen molar-refractivity contribution in [2.75, 3.05) is 11.1 Å². The smallest absolute Gasteiger partial charge is 0.258 e. The number of hydrogen-bond donors (Lipinski definition) is 2. The number of benzene rings is 1. The van der Waals surface area contributed by atoms with Crippen LogP contribution in [0.3, 0.4) is 0 Å². The minimum Gasteiger partial charge on any atom is -0.398 e. The third kappa shape index (κ3) is 3.07. The van der Waals surface area contributed by atoms with Crippen LogP contribution in [-0.2, 0) is 0 Å². The van der Waals surface area contributed by atoms with E-state index in [-0.39, 0.29) is 5.91 Å². The molecule has 0 saturated heterocycles. The van der Waals surface area contributed by atoms with Gasteiger partial charge in [-0.3, -0.25) is 10.1 Å². The fraction of sp³-hybridized carbons (Fsp3) is 0.214. The monoisotopic (exact) mass is 256 g/mol. The summed E-state index contributed by atoms with van der Waals surface area (Å²) in [5.41, 5.74) is 9.44. The number of nitrogens with two attached hydrogens (primary N) is 1. The standard InChI is InChI=1S/C14H16N4O/c1-8-4-5-11(7-12(8)15)13(19)18-14-16-9(2)6-10(3)17-14/h4-7H,15H2,1-3H3,(H,16,17,18,19). The molecule has 1 aromatic carbocycles. The molecule has 0 spiro atoms. The Morgan fingerprint density at radius 2 is 1.74 bits per heavy atom. The number of nitrogen functional groups attached to an aromatic ring is 1. The van der Waals surface area contributed by atoms with E-state index in [9.17, 15) is 4.79 Å². The second-order valence-corrected chi connectivity index (χ2v) is 4.50. The molecule has 1 aromatic heterocycles. The van der Waals surface area contributed by atoms with Gasteiger partial charge < -0.3 is 5.73 Å². The highest BCUT2D eigenvalue weighted by Crippen LogP contribution is 2.14. The van der Waals surface area contributed by atoms with Gasteiger partial charge in [-0.25, -0.2) is 9.97 Å². The van der Waals surface area contributed by atoms with Gasteiger partial charge in [0, 0.05) is 22.6 Å². The topological polar surface area (TPSA) is 80.9 Å². The second kappa shape index (κ2) is 5.06. The van der Waals surface area contributed by atoms with E-state index in [2.05, 4.69) is 15.3 Å². The first-order chi connectivity index (χ1) is 8.95. The number of nitrogens with one attached hydrogen (secondary N) is 1. The summed E-state index contributed by atoms with van der Waals surface area (Å²) in [6.45, 7) is 5.60. The van der Waals surface area contributed by atoms with E-state index in [4.69, 9.17) is 5.73 Å². The van der Waals surface area contributed by atoms with Gasteiger partial charge in [0.2, 0.25) is 5.95 Å². The molecule has 0 fully saturated rings. The summed E-state index contributed by atoms with van der Waals surface area (Å²) >= 11 is 0. The minimum absolute atomic E-state index is 0.267. The maximum atomic E-state index is 12.1. The Morgan fingerprint density at radius 1 is 1.11 bits per heavy atom.